The zero-order valence-electron chi connectivity index (χ0n) is 15.2. The third-order valence-corrected chi connectivity index (χ3v) is 5.30. The fourth-order valence-corrected chi connectivity index (χ4v) is 3.86. The second-order valence-corrected chi connectivity index (χ2v) is 7.20. The minimum absolute atomic E-state index is 0.187. The largest absolute Gasteiger partial charge is 0.444 e. The molecule has 4 rings (SSSR count). The molecule has 2 aliphatic rings. The molecule has 4 heteroatoms. The third-order valence-electron chi connectivity index (χ3n) is 5.30. The third kappa shape index (κ3) is 3.95. The van der Waals surface area contributed by atoms with E-state index in [0.29, 0.717) is 5.57 Å². The van der Waals surface area contributed by atoms with Crippen LogP contribution in [0.25, 0.3) is 16.7 Å². The van der Waals surface area contributed by atoms with E-state index in [-0.39, 0.29) is 11.9 Å². The zero-order chi connectivity index (χ0) is 18.6. The van der Waals surface area contributed by atoms with Crippen LogP contribution in [-0.4, -0.2) is 24.0 Å². The lowest BCUT2D eigenvalue weighted by Gasteiger charge is -2.24. The maximum absolute atomic E-state index is 12.7. The van der Waals surface area contributed by atoms with Crippen molar-refractivity contribution < 1.29 is 14.3 Å². The number of rotatable bonds is 4. The van der Waals surface area contributed by atoms with E-state index in [1.54, 1.807) is 0 Å². The van der Waals surface area contributed by atoms with Crippen LogP contribution >= 0.6 is 0 Å². The van der Waals surface area contributed by atoms with Gasteiger partial charge < -0.3 is 10.1 Å². The van der Waals surface area contributed by atoms with Crippen LogP contribution < -0.4 is 5.32 Å². The van der Waals surface area contributed by atoms with Gasteiger partial charge in [-0.1, -0.05) is 73.9 Å². The molecule has 1 atom stereocenters. The monoisotopic (exact) mass is 361 g/mol. The summed E-state index contributed by atoms with van der Waals surface area (Å²) in [5, 5.41) is 3.06. The smallest absolute Gasteiger partial charge is 0.332 e. The molecule has 2 aromatic rings. The lowest BCUT2D eigenvalue weighted by molar-refractivity contribution is -0.146. The zero-order valence-corrected chi connectivity index (χ0v) is 15.2. The summed E-state index contributed by atoms with van der Waals surface area (Å²) in [7, 11) is 0. The molecule has 1 unspecified atom stereocenters. The molecular weight excluding hydrogens is 338 g/mol. The highest BCUT2D eigenvalue weighted by atomic mass is 16.6. The molecule has 1 aliphatic heterocycles. The highest BCUT2D eigenvalue weighted by Gasteiger charge is 2.34. The first kappa shape index (κ1) is 17.5. The van der Waals surface area contributed by atoms with E-state index in [9.17, 15) is 9.59 Å². The molecule has 2 aromatic carbocycles. The molecule has 27 heavy (non-hydrogen) atoms. The van der Waals surface area contributed by atoms with Gasteiger partial charge in [-0.3, -0.25) is 4.79 Å². The Morgan fingerprint density at radius 3 is 2.19 bits per heavy atom. The second-order valence-electron chi connectivity index (χ2n) is 7.20. The van der Waals surface area contributed by atoms with E-state index in [1.807, 2.05) is 42.5 Å². The highest BCUT2D eigenvalue weighted by Crippen LogP contribution is 2.29. The molecule has 1 saturated carbocycles. The Labute approximate surface area is 159 Å². The van der Waals surface area contributed by atoms with Gasteiger partial charge in [-0.05, 0) is 29.5 Å². The average Bonchev–Trinajstić information content (AvgIpc) is 3.11. The molecule has 0 saturated heterocycles. The van der Waals surface area contributed by atoms with Crippen molar-refractivity contribution in [2.45, 2.75) is 44.2 Å². The van der Waals surface area contributed by atoms with Crippen LogP contribution in [0.5, 0.6) is 0 Å². The molecule has 1 amide bonds. The first-order valence-electron chi connectivity index (χ1n) is 9.59. The van der Waals surface area contributed by atoms with Crippen LogP contribution in [0.15, 0.2) is 60.7 Å². The average molecular weight is 361 g/mol. The molecular formula is C23H23NO3. The lowest BCUT2D eigenvalue weighted by Crippen LogP contribution is -2.43. The van der Waals surface area contributed by atoms with Crippen molar-refractivity contribution >= 4 is 17.4 Å². The number of carbonyl (C=O) groups excluding carboxylic acids is 2. The first-order valence-corrected chi connectivity index (χ1v) is 9.59. The summed E-state index contributed by atoms with van der Waals surface area (Å²) in [6, 6.07) is 18.2. The predicted molar refractivity (Wildman–Crippen MR) is 105 cm³/mol. The Kier molecular flexibility index (Phi) is 5.05. The number of amides is 1. The van der Waals surface area contributed by atoms with Crippen molar-refractivity contribution in [3.8, 4) is 11.1 Å². The molecule has 1 fully saturated rings. The Hall–Kier alpha value is -2.88. The van der Waals surface area contributed by atoms with Gasteiger partial charge in [-0.25, -0.2) is 4.79 Å². The summed E-state index contributed by atoms with van der Waals surface area (Å²) in [6.07, 6.45) is 6.07. The van der Waals surface area contributed by atoms with Gasteiger partial charge in [0.1, 0.15) is 0 Å². The number of ether oxygens (including phenoxy) is 1. The summed E-state index contributed by atoms with van der Waals surface area (Å²) in [4.78, 5) is 24.5. The topological polar surface area (TPSA) is 55.4 Å². The van der Waals surface area contributed by atoms with Gasteiger partial charge in [-0.2, -0.15) is 0 Å². The fourth-order valence-electron chi connectivity index (χ4n) is 3.86. The first-order chi connectivity index (χ1) is 13.2. The molecule has 1 heterocycles. The van der Waals surface area contributed by atoms with Crippen molar-refractivity contribution in [2.24, 2.45) is 0 Å². The van der Waals surface area contributed by atoms with Crippen LogP contribution in [0, 0.1) is 0 Å². The molecule has 0 radical (unpaired) electrons. The van der Waals surface area contributed by atoms with Crippen LogP contribution in [0.3, 0.4) is 0 Å². The quantitative estimate of drug-likeness (QED) is 0.834. The maximum Gasteiger partial charge on any atom is 0.332 e. The maximum atomic E-state index is 12.7. The predicted octanol–water partition coefficient (Wildman–Crippen LogP) is 4.11. The molecule has 0 bridgehead atoms. The molecule has 1 N–H and O–H groups in total. The van der Waals surface area contributed by atoms with Crippen molar-refractivity contribution in [3.05, 3.63) is 66.2 Å². The molecule has 0 aromatic heterocycles. The second kappa shape index (κ2) is 7.78. The van der Waals surface area contributed by atoms with Gasteiger partial charge in [0.05, 0.1) is 0 Å². The Morgan fingerprint density at radius 2 is 1.48 bits per heavy atom. The summed E-state index contributed by atoms with van der Waals surface area (Å²) < 4.78 is 5.30. The fraction of sp³-hybridized carbons (Fsp3) is 0.304. The van der Waals surface area contributed by atoms with Crippen molar-refractivity contribution in [1.82, 2.24) is 5.32 Å². The van der Waals surface area contributed by atoms with Gasteiger partial charge in [0, 0.05) is 17.7 Å². The van der Waals surface area contributed by atoms with Gasteiger partial charge >= 0.3 is 5.97 Å². The van der Waals surface area contributed by atoms with Crippen LogP contribution in [0.2, 0.25) is 0 Å². The molecule has 4 nitrogen and oxygen atoms in total. The van der Waals surface area contributed by atoms with Crippen molar-refractivity contribution in [1.29, 1.82) is 0 Å². The van der Waals surface area contributed by atoms with Gasteiger partial charge in [-0.15, -0.1) is 0 Å². The molecule has 138 valence electrons. The molecule has 0 spiro atoms. The van der Waals surface area contributed by atoms with E-state index in [0.717, 1.165) is 42.4 Å². The minimum Gasteiger partial charge on any atom is -0.444 e. The Morgan fingerprint density at radius 1 is 0.852 bits per heavy atom. The van der Waals surface area contributed by atoms with E-state index in [2.05, 4.69) is 17.4 Å². The van der Waals surface area contributed by atoms with E-state index in [4.69, 9.17) is 4.74 Å². The lowest BCUT2D eigenvalue weighted by atomic mass is 9.94. The summed E-state index contributed by atoms with van der Waals surface area (Å²) in [5.41, 5.74) is 3.69. The SMILES string of the molecule is O=C1C=C(c2ccc(-c3ccccc3)cc2)C(C(=O)NC2CCCCC2)O1. The minimum atomic E-state index is -0.859. The van der Waals surface area contributed by atoms with Crippen LogP contribution in [-0.2, 0) is 14.3 Å². The summed E-state index contributed by atoms with van der Waals surface area (Å²) in [5.74, 6) is -0.674. The molecule has 1 aliphatic carbocycles. The van der Waals surface area contributed by atoms with Gasteiger partial charge in [0.2, 0.25) is 6.10 Å². The van der Waals surface area contributed by atoms with E-state index < -0.39 is 12.1 Å². The van der Waals surface area contributed by atoms with Crippen LogP contribution in [0.1, 0.15) is 37.7 Å². The van der Waals surface area contributed by atoms with Gasteiger partial charge in [0.15, 0.2) is 0 Å². The highest BCUT2D eigenvalue weighted by molar-refractivity contribution is 6.07. The Bertz CT molecular complexity index is 849. The normalized spacial score (nSPS) is 20.1. The Balaban J connectivity index is 1.51. The number of carbonyl (C=O) groups is 2. The summed E-state index contributed by atoms with van der Waals surface area (Å²) in [6.45, 7) is 0. The number of esters is 1. The number of hydrogen-bond donors (Lipinski definition) is 1. The number of nitrogens with one attached hydrogen (secondary N) is 1. The van der Waals surface area contributed by atoms with E-state index >= 15 is 0 Å². The number of hydrogen-bond acceptors (Lipinski definition) is 3. The number of cyclic esters (lactones) is 1. The number of benzene rings is 2. The van der Waals surface area contributed by atoms with Crippen molar-refractivity contribution in [2.75, 3.05) is 0 Å². The van der Waals surface area contributed by atoms with E-state index in [1.165, 1.54) is 12.5 Å². The van der Waals surface area contributed by atoms with Gasteiger partial charge in [0.25, 0.3) is 5.91 Å². The summed E-state index contributed by atoms with van der Waals surface area (Å²) >= 11 is 0. The van der Waals surface area contributed by atoms with Crippen LogP contribution in [0.4, 0.5) is 0 Å². The van der Waals surface area contributed by atoms with Crippen molar-refractivity contribution in [3.63, 3.8) is 0 Å². The standard InChI is InChI=1S/C23H23NO3/c25-21-15-20(22(27-21)23(26)24-19-9-5-2-6-10-19)18-13-11-17(12-14-18)16-7-3-1-4-8-16/h1,3-4,7-8,11-15,19,22H,2,5-6,9-10H2,(H,24,26).